The average Bonchev–Trinajstić information content (AvgIpc) is 2.97. The second kappa shape index (κ2) is 5.20. The smallest absolute Gasteiger partial charge is 0.225 e. The van der Waals surface area contributed by atoms with Crippen molar-refractivity contribution in [3.8, 4) is 0 Å². The maximum absolute atomic E-state index is 12.3. The molecule has 1 aromatic rings. The molecule has 1 amide bonds. The Morgan fingerprint density at radius 3 is 3.12 bits per heavy atom. The summed E-state index contributed by atoms with van der Waals surface area (Å²) in [6, 6.07) is 0.0972. The lowest BCUT2D eigenvalue weighted by atomic mass is 10.1. The summed E-state index contributed by atoms with van der Waals surface area (Å²) in [5.41, 5.74) is 0. The molecule has 0 aliphatic heterocycles. The van der Waals surface area contributed by atoms with Crippen molar-refractivity contribution < 1.29 is 9.18 Å². The number of carbonyl (C=O) groups excluding carboxylic acids is 1. The number of carbonyl (C=O) groups is 1. The molecule has 0 saturated heterocycles. The van der Waals surface area contributed by atoms with Crippen molar-refractivity contribution in [1.29, 1.82) is 0 Å². The van der Waals surface area contributed by atoms with Crippen LogP contribution in [0, 0.1) is 5.92 Å². The van der Waals surface area contributed by atoms with E-state index in [0.717, 1.165) is 19.3 Å². The molecular weight excluding hydrogens is 225 g/mol. The molecule has 0 radical (unpaired) electrons. The first kappa shape index (κ1) is 11.9. The van der Waals surface area contributed by atoms with Crippen LogP contribution in [0.4, 0.5) is 4.39 Å². The summed E-state index contributed by atoms with van der Waals surface area (Å²) < 4.78 is 12.3. The third kappa shape index (κ3) is 2.78. The molecular formula is C10H16FN5O. The molecule has 0 bridgehead atoms. The summed E-state index contributed by atoms with van der Waals surface area (Å²) in [5.74, 6) is 0.144. The van der Waals surface area contributed by atoms with Gasteiger partial charge in [-0.3, -0.25) is 9.18 Å². The first-order valence-corrected chi connectivity index (χ1v) is 5.80. The number of nitrogens with one attached hydrogen (secondary N) is 2. The molecule has 17 heavy (non-hydrogen) atoms. The number of amides is 1. The van der Waals surface area contributed by atoms with Crippen molar-refractivity contribution in [2.45, 2.75) is 38.1 Å². The van der Waals surface area contributed by atoms with Crippen molar-refractivity contribution in [3.05, 3.63) is 5.82 Å². The first-order valence-electron chi connectivity index (χ1n) is 5.80. The molecule has 2 N–H and O–H groups in total. The molecule has 7 heteroatoms. The van der Waals surface area contributed by atoms with E-state index in [2.05, 4.69) is 25.9 Å². The predicted octanol–water partition coefficient (Wildman–Crippen LogP) is 0.558. The molecule has 3 unspecified atom stereocenters. The van der Waals surface area contributed by atoms with Gasteiger partial charge in [0.1, 0.15) is 6.67 Å². The standard InChI is InChI=1S/C10H16FN5O/c1-6(5-11)10(17)12-8-3-2-7(4-8)9-13-15-16-14-9/h6-8H,2-5H2,1H3,(H,12,17)(H,13,14,15,16). The lowest BCUT2D eigenvalue weighted by Gasteiger charge is -2.14. The summed E-state index contributed by atoms with van der Waals surface area (Å²) in [4.78, 5) is 11.5. The van der Waals surface area contributed by atoms with E-state index in [9.17, 15) is 9.18 Å². The Hall–Kier alpha value is -1.53. The molecule has 0 spiro atoms. The predicted molar refractivity (Wildman–Crippen MR) is 57.8 cm³/mol. The Morgan fingerprint density at radius 2 is 2.47 bits per heavy atom. The number of halogens is 1. The van der Waals surface area contributed by atoms with E-state index < -0.39 is 12.6 Å². The minimum atomic E-state index is -0.618. The van der Waals surface area contributed by atoms with Crippen molar-refractivity contribution in [2.24, 2.45) is 5.92 Å². The highest BCUT2D eigenvalue weighted by Gasteiger charge is 2.30. The Kier molecular flexibility index (Phi) is 3.65. The molecule has 1 heterocycles. The van der Waals surface area contributed by atoms with E-state index >= 15 is 0 Å². The largest absolute Gasteiger partial charge is 0.353 e. The number of nitrogens with zero attached hydrogens (tertiary/aromatic N) is 3. The van der Waals surface area contributed by atoms with Gasteiger partial charge in [-0.05, 0) is 19.3 Å². The zero-order chi connectivity index (χ0) is 12.3. The van der Waals surface area contributed by atoms with Gasteiger partial charge in [0.25, 0.3) is 0 Å². The van der Waals surface area contributed by atoms with Crippen LogP contribution in [0.1, 0.15) is 37.9 Å². The highest BCUT2D eigenvalue weighted by Crippen LogP contribution is 2.32. The molecule has 1 fully saturated rings. The number of aromatic nitrogens is 4. The second-order valence-corrected chi connectivity index (χ2v) is 4.54. The monoisotopic (exact) mass is 241 g/mol. The zero-order valence-electron chi connectivity index (χ0n) is 9.69. The summed E-state index contributed by atoms with van der Waals surface area (Å²) in [7, 11) is 0. The Balaban J connectivity index is 1.84. The van der Waals surface area contributed by atoms with Gasteiger partial charge in [-0.1, -0.05) is 12.1 Å². The van der Waals surface area contributed by atoms with Crippen LogP contribution in [0.15, 0.2) is 0 Å². The third-order valence-corrected chi connectivity index (χ3v) is 3.18. The zero-order valence-corrected chi connectivity index (χ0v) is 9.69. The van der Waals surface area contributed by atoms with Crippen LogP contribution in [-0.2, 0) is 4.79 Å². The van der Waals surface area contributed by atoms with Gasteiger partial charge < -0.3 is 5.32 Å². The first-order chi connectivity index (χ1) is 8.20. The van der Waals surface area contributed by atoms with E-state index in [-0.39, 0.29) is 17.9 Å². The van der Waals surface area contributed by atoms with Crippen LogP contribution in [0.5, 0.6) is 0 Å². The van der Waals surface area contributed by atoms with E-state index in [1.165, 1.54) is 0 Å². The number of aromatic amines is 1. The Labute approximate surface area is 98.4 Å². The Bertz CT molecular complexity index is 369. The number of rotatable bonds is 4. The van der Waals surface area contributed by atoms with E-state index in [1.807, 2.05) is 0 Å². The summed E-state index contributed by atoms with van der Waals surface area (Å²) in [6.45, 7) is 0.966. The number of H-pyrrole nitrogens is 1. The minimum Gasteiger partial charge on any atom is -0.353 e. The SMILES string of the molecule is CC(CF)C(=O)NC1CCC(c2nn[nH]n2)C1. The summed E-state index contributed by atoms with van der Waals surface area (Å²) in [5, 5.41) is 16.7. The van der Waals surface area contributed by atoms with Gasteiger partial charge in [-0.2, -0.15) is 5.21 Å². The van der Waals surface area contributed by atoms with Crippen LogP contribution in [-0.4, -0.2) is 39.2 Å². The van der Waals surface area contributed by atoms with Crippen LogP contribution in [0.2, 0.25) is 0 Å². The molecule has 1 aliphatic carbocycles. The van der Waals surface area contributed by atoms with E-state index in [1.54, 1.807) is 6.92 Å². The van der Waals surface area contributed by atoms with Crippen LogP contribution in [0.25, 0.3) is 0 Å². The van der Waals surface area contributed by atoms with Gasteiger partial charge >= 0.3 is 0 Å². The third-order valence-electron chi connectivity index (χ3n) is 3.18. The minimum absolute atomic E-state index is 0.0972. The van der Waals surface area contributed by atoms with Gasteiger partial charge in [0.15, 0.2) is 5.82 Å². The number of tetrazole rings is 1. The topological polar surface area (TPSA) is 83.6 Å². The van der Waals surface area contributed by atoms with E-state index in [4.69, 9.17) is 0 Å². The van der Waals surface area contributed by atoms with Crippen LogP contribution < -0.4 is 5.32 Å². The maximum atomic E-state index is 12.3. The average molecular weight is 241 g/mol. The van der Waals surface area contributed by atoms with Gasteiger partial charge in [0.2, 0.25) is 5.91 Å². The molecule has 0 aromatic carbocycles. The lowest BCUT2D eigenvalue weighted by Crippen LogP contribution is -2.37. The molecule has 1 saturated carbocycles. The fourth-order valence-electron chi connectivity index (χ4n) is 2.10. The highest BCUT2D eigenvalue weighted by molar-refractivity contribution is 5.78. The van der Waals surface area contributed by atoms with Crippen molar-refractivity contribution in [1.82, 2.24) is 25.9 Å². The van der Waals surface area contributed by atoms with E-state index in [0.29, 0.717) is 5.82 Å². The van der Waals surface area contributed by atoms with Gasteiger partial charge in [-0.25, -0.2) is 0 Å². The highest BCUT2D eigenvalue weighted by atomic mass is 19.1. The molecule has 3 atom stereocenters. The molecule has 6 nitrogen and oxygen atoms in total. The quantitative estimate of drug-likeness (QED) is 0.806. The van der Waals surface area contributed by atoms with Crippen molar-refractivity contribution >= 4 is 5.91 Å². The summed E-state index contributed by atoms with van der Waals surface area (Å²) >= 11 is 0. The number of hydrogen-bond donors (Lipinski definition) is 2. The van der Waals surface area contributed by atoms with Gasteiger partial charge in [-0.15, -0.1) is 10.2 Å². The molecule has 2 rings (SSSR count). The van der Waals surface area contributed by atoms with Crippen molar-refractivity contribution in [3.63, 3.8) is 0 Å². The van der Waals surface area contributed by atoms with Crippen LogP contribution in [0.3, 0.4) is 0 Å². The second-order valence-electron chi connectivity index (χ2n) is 4.54. The summed E-state index contributed by atoms with van der Waals surface area (Å²) in [6.07, 6.45) is 2.60. The molecule has 1 aliphatic rings. The molecule has 94 valence electrons. The Morgan fingerprint density at radius 1 is 1.65 bits per heavy atom. The van der Waals surface area contributed by atoms with Gasteiger partial charge in [0.05, 0.1) is 5.92 Å². The fraction of sp³-hybridized carbons (Fsp3) is 0.800. The van der Waals surface area contributed by atoms with Gasteiger partial charge in [0, 0.05) is 12.0 Å². The maximum Gasteiger partial charge on any atom is 0.225 e. The molecule has 1 aromatic heterocycles. The normalized spacial score (nSPS) is 25.8. The van der Waals surface area contributed by atoms with Crippen LogP contribution >= 0.6 is 0 Å². The number of alkyl halides is 1. The number of hydrogen-bond acceptors (Lipinski definition) is 4. The fourth-order valence-corrected chi connectivity index (χ4v) is 2.10. The van der Waals surface area contributed by atoms with Crippen molar-refractivity contribution in [2.75, 3.05) is 6.67 Å². The lowest BCUT2D eigenvalue weighted by molar-refractivity contribution is -0.125.